The van der Waals surface area contributed by atoms with E-state index in [0.717, 1.165) is 9.78 Å². The van der Waals surface area contributed by atoms with Crippen LogP contribution < -0.4 is 5.32 Å². The smallest absolute Gasteiger partial charge is 0.319 e. The van der Waals surface area contributed by atoms with Crippen LogP contribution in [0.4, 0.5) is 10.5 Å². The molecule has 1 aliphatic rings. The average molecular weight is 373 g/mol. The summed E-state index contributed by atoms with van der Waals surface area (Å²) in [4.78, 5) is 49.9. The standard InChI is InChI=1S/C17H15N3O5S/c1-10-3-8-14(26-10)13(21)9-19-15(22)17(2,18-16(19)23)11-4-6-12(7-5-11)20(24)25/h3-8H,9H2,1-2H3,(H,18,23)/t17-/m0/s1. The molecule has 3 amide bonds. The SMILES string of the molecule is Cc1ccc(C(=O)CN2C(=O)N[C@@](C)(c3ccc([N+](=O)[O-])cc3)C2=O)s1. The van der Waals surface area contributed by atoms with Gasteiger partial charge in [-0.1, -0.05) is 0 Å². The maximum absolute atomic E-state index is 12.8. The molecule has 26 heavy (non-hydrogen) atoms. The van der Waals surface area contributed by atoms with Crippen molar-refractivity contribution < 1.29 is 19.3 Å². The molecular weight excluding hydrogens is 358 g/mol. The molecule has 0 unspecified atom stereocenters. The van der Waals surface area contributed by atoms with Gasteiger partial charge in [-0.25, -0.2) is 4.79 Å². The normalized spacial score (nSPS) is 19.5. The Kier molecular flexibility index (Phi) is 4.33. The fourth-order valence-corrected chi connectivity index (χ4v) is 3.56. The molecule has 2 heterocycles. The quantitative estimate of drug-likeness (QED) is 0.375. The third-order valence-electron chi connectivity index (χ3n) is 4.25. The molecule has 134 valence electrons. The van der Waals surface area contributed by atoms with Crippen LogP contribution in [0.1, 0.15) is 27.0 Å². The number of nitro groups is 1. The Morgan fingerprint density at radius 3 is 2.42 bits per heavy atom. The van der Waals surface area contributed by atoms with E-state index < -0.39 is 22.4 Å². The minimum atomic E-state index is -1.38. The first-order chi connectivity index (χ1) is 12.2. The van der Waals surface area contributed by atoms with Crippen LogP contribution in [0.15, 0.2) is 36.4 Å². The van der Waals surface area contributed by atoms with Crippen LogP contribution in [0.2, 0.25) is 0 Å². The molecule has 8 nitrogen and oxygen atoms in total. The number of thiophene rings is 1. The van der Waals surface area contributed by atoms with Gasteiger partial charge in [0.2, 0.25) is 0 Å². The summed E-state index contributed by atoms with van der Waals surface area (Å²) < 4.78 is 0. The Morgan fingerprint density at radius 1 is 1.23 bits per heavy atom. The van der Waals surface area contributed by atoms with Crippen LogP contribution in [0.5, 0.6) is 0 Å². The number of imide groups is 1. The summed E-state index contributed by atoms with van der Waals surface area (Å²) in [6.45, 7) is 3.02. The molecule has 0 spiro atoms. The van der Waals surface area contributed by atoms with Crippen LogP contribution in [-0.2, 0) is 10.3 Å². The second-order valence-corrected chi connectivity index (χ2v) is 7.37. The van der Waals surface area contributed by atoms with Crippen LogP contribution in [0.25, 0.3) is 0 Å². The van der Waals surface area contributed by atoms with Gasteiger partial charge >= 0.3 is 6.03 Å². The predicted molar refractivity (Wildman–Crippen MR) is 94.1 cm³/mol. The topological polar surface area (TPSA) is 110 Å². The van der Waals surface area contributed by atoms with Gasteiger partial charge in [0.05, 0.1) is 16.3 Å². The summed E-state index contributed by atoms with van der Waals surface area (Å²) in [7, 11) is 0. The summed E-state index contributed by atoms with van der Waals surface area (Å²) in [5, 5.41) is 13.3. The summed E-state index contributed by atoms with van der Waals surface area (Å²) >= 11 is 1.30. The zero-order chi connectivity index (χ0) is 19.1. The van der Waals surface area contributed by atoms with Gasteiger partial charge in [0.25, 0.3) is 11.6 Å². The predicted octanol–water partition coefficient (Wildman–Crippen LogP) is 2.61. The van der Waals surface area contributed by atoms with Gasteiger partial charge in [-0.2, -0.15) is 0 Å². The summed E-state index contributed by atoms with van der Waals surface area (Å²) in [6, 6.07) is 8.16. The Balaban J connectivity index is 1.83. The Hall–Kier alpha value is -3.07. The maximum atomic E-state index is 12.8. The van der Waals surface area contributed by atoms with Crippen molar-refractivity contribution in [1.82, 2.24) is 10.2 Å². The van der Waals surface area contributed by atoms with Gasteiger partial charge in [0.1, 0.15) is 5.54 Å². The number of Topliss-reactive ketones (excluding diaryl/α,β-unsaturated/α-hetero) is 1. The minimum absolute atomic E-state index is 0.116. The first kappa shape index (κ1) is 17.7. The molecule has 1 atom stereocenters. The summed E-state index contributed by atoms with van der Waals surface area (Å²) in [6.07, 6.45) is 0. The highest BCUT2D eigenvalue weighted by Gasteiger charge is 2.49. The zero-order valence-corrected chi connectivity index (χ0v) is 14.8. The van der Waals surface area contributed by atoms with Crippen LogP contribution >= 0.6 is 11.3 Å². The lowest BCUT2D eigenvalue weighted by molar-refractivity contribution is -0.384. The highest BCUT2D eigenvalue weighted by Crippen LogP contribution is 2.30. The number of non-ortho nitro benzene ring substituents is 1. The highest BCUT2D eigenvalue weighted by molar-refractivity contribution is 7.14. The Morgan fingerprint density at radius 2 is 1.88 bits per heavy atom. The molecule has 0 aliphatic carbocycles. The van der Waals surface area contributed by atoms with Gasteiger partial charge in [0.15, 0.2) is 5.78 Å². The van der Waals surface area contributed by atoms with Crippen molar-refractivity contribution in [2.75, 3.05) is 6.54 Å². The van der Waals surface area contributed by atoms with E-state index in [0.29, 0.717) is 10.4 Å². The molecule has 0 radical (unpaired) electrons. The van der Waals surface area contributed by atoms with Gasteiger partial charge < -0.3 is 5.32 Å². The van der Waals surface area contributed by atoms with Crippen molar-refractivity contribution >= 4 is 34.7 Å². The monoisotopic (exact) mass is 373 g/mol. The number of urea groups is 1. The van der Waals surface area contributed by atoms with Crippen molar-refractivity contribution in [3.05, 3.63) is 61.8 Å². The van der Waals surface area contributed by atoms with Crippen molar-refractivity contribution in [3.63, 3.8) is 0 Å². The molecule has 1 N–H and O–H groups in total. The summed E-state index contributed by atoms with van der Waals surface area (Å²) in [5.41, 5.74) is -1.09. The van der Waals surface area contributed by atoms with E-state index in [9.17, 15) is 24.5 Å². The summed E-state index contributed by atoms with van der Waals surface area (Å²) in [5.74, 6) is -0.891. The van der Waals surface area contributed by atoms with E-state index >= 15 is 0 Å². The second-order valence-electron chi connectivity index (χ2n) is 6.08. The average Bonchev–Trinajstić information content (AvgIpc) is 3.13. The van der Waals surface area contributed by atoms with Crippen LogP contribution in [0, 0.1) is 17.0 Å². The first-order valence-electron chi connectivity index (χ1n) is 7.71. The van der Waals surface area contributed by atoms with Gasteiger partial charge in [-0.15, -0.1) is 11.3 Å². The number of carbonyl (C=O) groups excluding carboxylic acids is 3. The maximum Gasteiger partial charge on any atom is 0.325 e. The number of amides is 3. The fraction of sp³-hybridized carbons (Fsp3) is 0.235. The van der Waals surface area contributed by atoms with Crippen molar-refractivity contribution in [2.24, 2.45) is 0 Å². The van der Waals surface area contributed by atoms with Crippen molar-refractivity contribution in [3.8, 4) is 0 Å². The van der Waals surface area contributed by atoms with E-state index in [4.69, 9.17) is 0 Å². The lowest BCUT2D eigenvalue weighted by Gasteiger charge is -2.21. The highest BCUT2D eigenvalue weighted by atomic mass is 32.1. The number of hydrogen-bond acceptors (Lipinski definition) is 6. The van der Waals surface area contributed by atoms with Crippen molar-refractivity contribution in [1.29, 1.82) is 0 Å². The number of benzene rings is 1. The van der Waals surface area contributed by atoms with E-state index in [-0.39, 0.29) is 18.0 Å². The third kappa shape index (κ3) is 2.97. The van der Waals surface area contributed by atoms with E-state index in [1.165, 1.54) is 42.5 Å². The molecule has 1 aromatic carbocycles. The lowest BCUT2D eigenvalue weighted by atomic mass is 9.92. The number of rotatable bonds is 5. The lowest BCUT2D eigenvalue weighted by Crippen LogP contribution is -2.41. The molecule has 0 bridgehead atoms. The van der Waals surface area contributed by atoms with Crippen LogP contribution in [0.3, 0.4) is 0 Å². The number of ketones is 1. The first-order valence-corrected chi connectivity index (χ1v) is 8.52. The number of nitro benzene ring substituents is 1. The van der Waals surface area contributed by atoms with E-state index in [2.05, 4.69) is 5.32 Å². The zero-order valence-electron chi connectivity index (χ0n) is 14.0. The molecule has 1 aromatic heterocycles. The number of aryl methyl sites for hydroxylation is 1. The number of carbonyl (C=O) groups is 3. The van der Waals surface area contributed by atoms with Gasteiger partial charge in [0, 0.05) is 17.0 Å². The second kappa shape index (κ2) is 6.34. The number of nitrogens with zero attached hydrogens (tertiary/aromatic N) is 2. The van der Waals surface area contributed by atoms with Crippen LogP contribution in [-0.4, -0.2) is 34.1 Å². The van der Waals surface area contributed by atoms with Gasteiger partial charge in [-0.05, 0) is 43.7 Å². The van der Waals surface area contributed by atoms with Crippen molar-refractivity contribution in [2.45, 2.75) is 19.4 Å². The van der Waals surface area contributed by atoms with E-state index in [1.807, 2.05) is 6.92 Å². The largest absolute Gasteiger partial charge is 0.325 e. The molecule has 0 saturated carbocycles. The molecule has 1 saturated heterocycles. The molecule has 2 aromatic rings. The number of hydrogen-bond donors (Lipinski definition) is 1. The van der Waals surface area contributed by atoms with E-state index in [1.54, 1.807) is 12.1 Å². The number of nitrogens with one attached hydrogen (secondary N) is 1. The molecule has 1 aliphatic heterocycles. The molecule has 1 fully saturated rings. The minimum Gasteiger partial charge on any atom is -0.319 e. The third-order valence-corrected chi connectivity index (χ3v) is 5.29. The molecular formula is C17H15N3O5S. The molecule has 9 heteroatoms. The molecule has 3 rings (SSSR count). The Bertz CT molecular complexity index is 921. The fourth-order valence-electron chi connectivity index (χ4n) is 2.76. The van der Waals surface area contributed by atoms with Gasteiger partial charge in [-0.3, -0.25) is 24.6 Å². The Labute approximate surface area is 152 Å².